The minimum absolute atomic E-state index is 0.126. The Morgan fingerprint density at radius 3 is 2.15 bits per heavy atom. The highest BCUT2D eigenvalue weighted by Gasteiger charge is 2.19. The summed E-state index contributed by atoms with van der Waals surface area (Å²) in [7, 11) is 0. The van der Waals surface area contributed by atoms with Gasteiger partial charge < -0.3 is 10.6 Å². The predicted octanol–water partition coefficient (Wildman–Crippen LogP) is 3.12. The molecule has 0 spiro atoms. The molecule has 2 amide bonds. The van der Waals surface area contributed by atoms with E-state index in [2.05, 4.69) is 10.6 Å². The highest BCUT2D eigenvalue weighted by atomic mass is 35.5. The maximum atomic E-state index is 11.8. The van der Waals surface area contributed by atoms with Gasteiger partial charge >= 0.3 is 11.8 Å². The van der Waals surface area contributed by atoms with Crippen molar-refractivity contribution >= 4 is 29.1 Å². The van der Waals surface area contributed by atoms with Gasteiger partial charge in [-0.1, -0.05) is 37.3 Å². The van der Waals surface area contributed by atoms with E-state index in [1.54, 1.807) is 24.3 Å². The largest absolute Gasteiger partial charge is 0.345 e. The van der Waals surface area contributed by atoms with Gasteiger partial charge in [-0.05, 0) is 37.1 Å². The van der Waals surface area contributed by atoms with Gasteiger partial charge in [0.05, 0.1) is 0 Å². The van der Waals surface area contributed by atoms with Crippen molar-refractivity contribution in [2.24, 2.45) is 0 Å². The molecule has 1 fully saturated rings. The van der Waals surface area contributed by atoms with E-state index < -0.39 is 11.8 Å². The van der Waals surface area contributed by atoms with Gasteiger partial charge in [0.1, 0.15) is 0 Å². The van der Waals surface area contributed by atoms with E-state index >= 15 is 0 Å². The third kappa shape index (κ3) is 4.53. The SMILES string of the molecule is O=C(Nc1ccc(Cl)cc1)C(=O)NC1CCCCCC1. The zero-order chi connectivity index (χ0) is 14.4. The first-order valence-corrected chi connectivity index (χ1v) is 7.40. The Bertz CT molecular complexity index is 465. The Balaban J connectivity index is 1.85. The number of anilines is 1. The number of carbonyl (C=O) groups excluding carboxylic acids is 2. The van der Waals surface area contributed by atoms with E-state index in [1.165, 1.54) is 12.8 Å². The quantitative estimate of drug-likeness (QED) is 0.650. The zero-order valence-corrected chi connectivity index (χ0v) is 12.1. The molecule has 0 aliphatic heterocycles. The van der Waals surface area contributed by atoms with Crippen LogP contribution in [0.25, 0.3) is 0 Å². The maximum Gasteiger partial charge on any atom is 0.313 e. The molecule has 5 heteroatoms. The molecule has 0 atom stereocenters. The highest BCUT2D eigenvalue weighted by Crippen LogP contribution is 2.17. The van der Waals surface area contributed by atoms with Gasteiger partial charge in [-0.15, -0.1) is 0 Å². The van der Waals surface area contributed by atoms with Crippen LogP contribution >= 0.6 is 11.6 Å². The fraction of sp³-hybridized carbons (Fsp3) is 0.467. The summed E-state index contributed by atoms with van der Waals surface area (Å²) in [5, 5.41) is 5.97. The molecule has 1 aromatic carbocycles. The van der Waals surface area contributed by atoms with Gasteiger partial charge in [-0.3, -0.25) is 9.59 Å². The second-order valence-corrected chi connectivity index (χ2v) is 5.56. The first-order valence-electron chi connectivity index (χ1n) is 7.02. The molecule has 20 heavy (non-hydrogen) atoms. The van der Waals surface area contributed by atoms with Crippen LogP contribution in [0.2, 0.25) is 5.02 Å². The molecule has 0 radical (unpaired) electrons. The van der Waals surface area contributed by atoms with Crippen LogP contribution < -0.4 is 10.6 Å². The molecule has 1 aliphatic rings. The van der Waals surface area contributed by atoms with Crippen molar-refractivity contribution in [1.82, 2.24) is 5.32 Å². The van der Waals surface area contributed by atoms with E-state index in [0.29, 0.717) is 10.7 Å². The molecule has 0 aromatic heterocycles. The van der Waals surface area contributed by atoms with Crippen molar-refractivity contribution in [3.8, 4) is 0 Å². The number of nitrogens with one attached hydrogen (secondary N) is 2. The van der Waals surface area contributed by atoms with Crippen LogP contribution in [0.1, 0.15) is 38.5 Å². The summed E-state index contributed by atoms with van der Waals surface area (Å²) in [5.41, 5.74) is 0.565. The van der Waals surface area contributed by atoms with E-state index in [1.807, 2.05) is 0 Å². The summed E-state index contributed by atoms with van der Waals surface area (Å²) in [4.78, 5) is 23.6. The number of hydrogen-bond donors (Lipinski definition) is 2. The standard InChI is InChI=1S/C15H19ClN2O2/c16-11-7-9-13(10-8-11)18-15(20)14(19)17-12-5-3-1-2-4-6-12/h7-10,12H,1-6H2,(H,17,19)(H,18,20). The molecular weight excluding hydrogens is 276 g/mol. The van der Waals surface area contributed by atoms with Gasteiger partial charge in [0.25, 0.3) is 0 Å². The summed E-state index contributed by atoms with van der Waals surface area (Å²) in [5.74, 6) is -1.19. The molecule has 4 nitrogen and oxygen atoms in total. The molecular formula is C15H19ClN2O2. The molecule has 108 valence electrons. The molecule has 0 heterocycles. The minimum atomic E-state index is -0.628. The monoisotopic (exact) mass is 294 g/mol. The van der Waals surface area contributed by atoms with E-state index in [0.717, 1.165) is 25.7 Å². The lowest BCUT2D eigenvalue weighted by Gasteiger charge is -2.15. The fourth-order valence-corrected chi connectivity index (χ4v) is 2.52. The minimum Gasteiger partial charge on any atom is -0.345 e. The van der Waals surface area contributed by atoms with Gasteiger partial charge in [0.15, 0.2) is 0 Å². The normalized spacial score (nSPS) is 16.2. The van der Waals surface area contributed by atoms with E-state index in [-0.39, 0.29) is 6.04 Å². The number of carbonyl (C=O) groups is 2. The van der Waals surface area contributed by atoms with Crippen molar-refractivity contribution in [2.75, 3.05) is 5.32 Å². The van der Waals surface area contributed by atoms with Crippen molar-refractivity contribution in [2.45, 2.75) is 44.6 Å². The summed E-state index contributed by atoms with van der Waals surface area (Å²) < 4.78 is 0. The van der Waals surface area contributed by atoms with Crippen LogP contribution in [0.5, 0.6) is 0 Å². The summed E-state index contributed by atoms with van der Waals surface area (Å²) >= 11 is 5.76. The summed E-state index contributed by atoms with van der Waals surface area (Å²) in [6.45, 7) is 0. The van der Waals surface area contributed by atoms with Crippen molar-refractivity contribution in [1.29, 1.82) is 0 Å². The topological polar surface area (TPSA) is 58.2 Å². The number of halogens is 1. The van der Waals surface area contributed by atoms with Crippen LogP contribution in [-0.4, -0.2) is 17.9 Å². The van der Waals surface area contributed by atoms with Crippen molar-refractivity contribution in [3.63, 3.8) is 0 Å². The number of benzene rings is 1. The van der Waals surface area contributed by atoms with Crippen LogP contribution in [0, 0.1) is 0 Å². The second kappa shape index (κ2) is 7.29. The number of hydrogen-bond acceptors (Lipinski definition) is 2. The van der Waals surface area contributed by atoms with Gasteiger partial charge in [0, 0.05) is 16.8 Å². The summed E-state index contributed by atoms with van der Waals surface area (Å²) in [6, 6.07) is 6.79. The van der Waals surface area contributed by atoms with E-state index in [9.17, 15) is 9.59 Å². The van der Waals surface area contributed by atoms with Gasteiger partial charge in [0.2, 0.25) is 0 Å². The first-order chi connectivity index (χ1) is 9.65. The lowest BCUT2D eigenvalue weighted by Crippen LogP contribution is -2.41. The third-order valence-corrected chi connectivity index (χ3v) is 3.75. The van der Waals surface area contributed by atoms with Crippen molar-refractivity contribution < 1.29 is 9.59 Å². The average molecular weight is 295 g/mol. The third-order valence-electron chi connectivity index (χ3n) is 3.50. The van der Waals surface area contributed by atoms with Crippen molar-refractivity contribution in [3.05, 3.63) is 29.3 Å². The molecule has 1 aromatic rings. The van der Waals surface area contributed by atoms with Gasteiger partial charge in [-0.2, -0.15) is 0 Å². The first kappa shape index (κ1) is 14.9. The molecule has 1 aliphatic carbocycles. The van der Waals surface area contributed by atoms with Gasteiger partial charge in [-0.25, -0.2) is 0 Å². The Labute approximate surface area is 123 Å². The van der Waals surface area contributed by atoms with Crippen LogP contribution in [-0.2, 0) is 9.59 Å². The lowest BCUT2D eigenvalue weighted by atomic mass is 10.1. The molecule has 0 bridgehead atoms. The van der Waals surface area contributed by atoms with E-state index in [4.69, 9.17) is 11.6 Å². The molecule has 0 unspecified atom stereocenters. The Kier molecular flexibility index (Phi) is 5.41. The average Bonchev–Trinajstić information content (AvgIpc) is 2.70. The highest BCUT2D eigenvalue weighted by molar-refractivity contribution is 6.39. The lowest BCUT2D eigenvalue weighted by molar-refractivity contribution is -0.136. The number of rotatable bonds is 2. The Morgan fingerprint density at radius 2 is 1.55 bits per heavy atom. The Hall–Kier alpha value is -1.55. The van der Waals surface area contributed by atoms with Crippen LogP contribution in [0.4, 0.5) is 5.69 Å². The predicted molar refractivity (Wildman–Crippen MR) is 79.7 cm³/mol. The number of amides is 2. The Morgan fingerprint density at radius 1 is 0.950 bits per heavy atom. The fourth-order valence-electron chi connectivity index (χ4n) is 2.40. The zero-order valence-electron chi connectivity index (χ0n) is 11.3. The maximum absolute atomic E-state index is 11.8. The molecule has 0 saturated heterocycles. The molecule has 1 saturated carbocycles. The van der Waals surface area contributed by atoms with Crippen LogP contribution in [0.15, 0.2) is 24.3 Å². The molecule has 2 N–H and O–H groups in total. The van der Waals surface area contributed by atoms with Crippen LogP contribution in [0.3, 0.4) is 0 Å². The molecule has 2 rings (SSSR count). The smallest absolute Gasteiger partial charge is 0.313 e. The summed E-state index contributed by atoms with van der Waals surface area (Å²) in [6.07, 6.45) is 6.57. The second-order valence-electron chi connectivity index (χ2n) is 5.12.